The van der Waals surface area contributed by atoms with Crippen LogP contribution in [0.3, 0.4) is 0 Å². The van der Waals surface area contributed by atoms with Gasteiger partial charge < -0.3 is 9.67 Å². The number of fused-ring (bicyclic) bond motifs is 1. The van der Waals surface area contributed by atoms with E-state index in [1.807, 2.05) is 25.1 Å². The van der Waals surface area contributed by atoms with Gasteiger partial charge in [0.1, 0.15) is 5.75 Å². The monoisotopic (exact) mass is 329 g/mol. The second-order valence-corrected chi connectivity index (χ2v) is 7.59. The number of phenolic OH excluding ortho intramolecular Hbond substituents is 1. The lowest BCUT2D eigenvalue weighted by molar-refractivity contribution is 0.464. The Morgan fingerprint density at radius 1 is 1.23 bits per heavy atom. The lowest BCUT2D eigenvalue weighted by atomic mass is 9.96. The van der Waals surface area contributed by atoms with Crippen molar-refractivity contribution in [3.63, 3.8) is 0 Å². The highest BCUT2D eigenvalue weighted by atomic mass is 32.1. The van der Waals surface area contributed by atoms with Gasteiger partial charge in [-0.15, -0.1) is 11.3 Å². The average molecular weight is 329 g/mol. The maximum absolute atomic E-state index is 10.1. The molecule has 2 aromatic carbocycles. The van der Waals surface area contributed by atoms with E-state index in [1.165, 1.54) is 15.8 Å². The highest BCUT2D eigenvalue weighted by molar-refractivity contribution is 7.73. The molecule has 0 amide bonds. The minimum Gasteiger partial charge on any atom is -0.508 e. The summed E-state index contributed by atoms with van der Waals surface area (Å²) >= 11 is 7.18. The van der Waals surface area contributed by atoms with Gasteiger partial charge in [0.2, 0.25) is 0 Å². The van der Waals surface area contributed by atoms with Gasteiger partial charge >= 0.3 is 0 Å². The summed E-state index contributed by atoms with van der Waals surface area (Å²) in [6.45, 7) is 6.98. The molecule has 0 aliphatic rings. The number of para-hydroxylation sites is 1. The van der Waals surface area contributed by atoms with Crippen LogP contribution < -0.4 is 0 Å². The summed E-state index contributed by atoms with van der Waals surface area (Å²) in [6, 6.07) is 12.3. The molecular formula is C18H19NOS2. The van der Waals surface area contributed by atoms with Crippen molar-refractivity contribution in [3.8, 4) is 5.75 Å². The van der Waals surface area contributed by atoms with Crippen molar-refractivity contribution >= 4 is 33.8 Å². The molecule has 0 fully saturated rings. The van der Waals surface area contributed by atoms with E-state index in [1.54, 1.807) is 11.3 Å². The molecule has 1 heterocycles. The van der Waals surface area contributed by atoms with Crippen molar-refractivity contribution in [1.29, 1.82) is 0 Å². The van der Waals surface area contributed by atoms with Gasteiger partial charge in [0.05, 0.1) is 16.8 Å². The van der Waals surface area contributed by atoms with Gasteiger partial charge in [-0.1, -0.05) is 26.0 Å². The first-order valence-corrected chi connectivity index (χ1v) is 8.60. The number of hydrogen-bond donors (Lipinski definition) is 1. The van der Waals surface area contributed by atoms with Crippen molar-refractivity contribution in [2.24, 2.45) is 0 Å². The number of aromatic nitrogens is 1. The topological polar surface area (TPSA) is 25.2 Å². The number of benzene rings is 2. The number of thiazole rings is 1. The van der Waals surface area contributed by atoms with Crippen LogP contribution in [0.25, 0.3) is 10.2 Å². The molecule has 22 heavy (non-hydrogen) atoms. The summed E-state index contributed by atoms with van der Waals surface area (Å²) in [5.41, 5.74) is 4.47. The van der Waals surface area contributed by atoms with Crippen LogP contribution >= 0.6 is 23.6 Å². The van der Waals surface area contributed by atoms with Gasteiger partial charge in [0.25, 0.3) is 0 Å². The summed E-state index contributed by atoms with van der Waals surface area (Å²) in [5.74, 6) is 0.682. The fourth-order valence-electron chi connectivity index (χ4n) is 2.72. The molecule has 0 saturated carbocycles. The molecule has 0 radical (unpaired) electrons. The molecule has 1 aromatic heterocycles. The maximum Gasteiger partial charge on any atom is 0.162 e. The van der Waals surface area contributed by atoms with Crippen molar-refractivity contribution in [2.75, 3.05) is 0 Å². The van der Waals surface area contributed by atoms with Crippen LogP contribution in [0.15, 0.2) is 36.4 Å². The SMILES string of the molecule is Cc1cc(O)c(C(C)C)cc1Cn1c(=S)sc2ccccc21. The van der Waals surface area contributed by atoms with Crippen molar-refractivity contribution in [3.05, 3.63) is 57.0 Å². The van der Waals surface area contributed by atoms with E-state index in [-0.39, 0.29) is 0 Å². The van der Waals surface area contributed by atoms with E-state index < -0.39 is 0 Å². The second-order valence-electron chi connectivity index (χ2n) is 5.91. The van der Waals surface area contributed by atoms with Crippen LogP contribution in [0.2, 0.25) is 0 Å². The Morgan fingerprint density at radius 2 is 1.95 bits per heavy atom. The maximum atomic E-state index is 10.1. The van der Waals surface area contributed by atoms with E-state index in [4.69, 9.17) is 12.2 Å². The van der Waals surface area contributed by atoms with Crippen LogP contribution in [0, 0.1) is 10.9 Å². The molecule has 3 rings (SSSR count). The molecule has 0 saturated heterocycles. The first-order valence-electron chi connectivity index (χ1n) is 7.38. The molecule has 2 nitrogen and oxygen atoms in total. The lowest BCUT2D eigenvalue weighted by Crippen LogP contribution is -2.03. The average Bonchev–Trinajstić information content (AvgIpc) is 2.77. The lowest BCUT2D eigenvalue weighted by Gasteiger charge is -2.14. The zero-order valence-electron chi connectivity index (χ0n) is 13.0. The molecular weight excluding hydrogens is 310 g/mol. The molecule has 0 unspecified atom stereocenters. The van der Waals surface area contributed by atoms with E-state index in [0.29, 0.717) is 11.7 Å². The summed E-state index contributed by atoms with van der Waals surface area (Å²) in [4.78, 5) is 0. The number of phenols is 1. The zero-order valence-corrected chi connectivity index (χ0v) is 14.6. The Hall–Kier alpha value is -1.65. The molecule has 114 valence electrons. The smallest absolute Gasteiger partial charge is 0.162 e. The summed E-state index contributed by atoms with van der Waals surface area (Å²) in [7, 11) is 0. The van der Waals surface area contributed by atoms with Crippen molar-refractivity contribution in [1.82, 2.24) is 4.57 Å². The summed E-state index contributed by atoms with van der Waals surface area (Å²) < 4.78 is 4.28. The van der Waals surface area contributed by atoms with E-state index in [0.717, 1.165) is 21.6 Å². The third-order valence-corrected chi connectivity index (χ3v) is 5.44. The molecule has 4 heteroatoms. The first-order chi connectivity index (χ1) is 10.5. The highest BCUT2D eigenvalue weighted by Gasteiger charge is 2.12. The number of rotatable bonds is 3. The quantitative estimate of drug-likeness (QED) is 0.631. The second kappa shape index (κ2) is 5.86. The van der Waals surface area contributed by atoms with Crippen LogP contribution in [-0.4, -0.2) is 9.67 Å². The van der Waals surface area contributed by atoms with Gasteiger partial charge in [0.15, 0.2) is 3.95 Å². The molecule has 3 aromatic rings. The largest absolute Gasteiger partial charge is 0.508 e. The zero-order chi connectivity index (χ0) is 15.9. The van der Waals surface area contributed by atoms with E-state index in [2.05, 4.69) is 36.6 Å². The molecule has 0 aliphatic heterocycles. The van der Waals surface area contributed by atoms with Gasteiger partial charge in [-0.2, -0.15) is 0 Å². The Morgan fingerprint density at radius 3 is 2.68 bits per heavy atom. The Labute approximate surface area is 139 Å². The summed E-state index contributed by atoms with van der Waals surface area (Å²) in [6.07, 6.45) is 0. The Kier molecular flexibility index (Phi) is 4.06. The standard InChI is InChI=1S/C18H19NOS2/c1-11(2)14-9-13(12(3)8-16(14)20)10-19-15-6-4-5-7-17(15)22-18(19)21/h4-9,11,20H,10H2,1-3H3. The van der Waals surface area contributed by atoms with Crippen molar-refractivity contribution in [2.45, 2.75) is 33.2 Å². The van der Waals surface area contributed by atoms with Crippen LogP contribution in [0.4, 0.5) is 0 Å². The summed E-state index contributed by atoms with van der Waals surface area (Å²) in [5, 5.41) is 10.1. The Bertz CT molecular complexity index is 890. The van der Waals surface area contributed by atoms with Crippen LogP contribution in [-0.2, 0) is 6.54 Å². The molecule has 0 aliphatic carbocycles. The minimum atomic E-state index is 0.298. The fraction of sp³-hybridized carbons (Fsp3) is 0.278. The Balaban J connectivity index is 2.11. The van der Waals surface area contributed by atoms with Crippen LogP contribution in [0.5, 0.6) is 5.75 Å². The molecule has 1 N–H and O–H groups in total. The van der Waals surface area contributed by atoms with Crippen LogP contribution in [0.1, 0.15) is 36.5 Å². The number of aryl methyl sites for hydroxylation is 1. The molecule has 0 spiro atoms. The third kappa shape index (κ3) is 2.69. The molecule has 0 bridgehead atoms. The van der Waals surface area contributed by atoms with E-state index in [9.17, 15) is 5.11 Å². The fourth-order valence-corrected chi connectivity index (χ4v) is 4.05. The number of aromatic hydroxyl groups is 1. The van der Waals surface area contributed by atoms with Gasteiger partial charge in [-0.3, -0.25) is 0 Å². The molecule has 0 atom stereocenters. The number of nitrogens with zero attached hydrogens (tertiary/aromatic N) is 1. The first kappa shape index (κ1) is 15.3. The minimum absolute atomic E-state index is 0.298. The predicted molar refractivity (Wildman–Crippen MR) is 96.7 cm³/mol. The van der Waals surface area contributed by atoms with Gasteiger partial charge in [-0.05, 0) is 66.0 Å². The predicted octanol–water partition coefficient (Wildman–Crippen LogP) is 5.62. The van der Waals surface area contributed by atoms with Gasteiger partial charge in [-0.25, -0.2) is 0 Å². The highest BCUT2D eigenvalue weighted by Crippen LogP contribution is 2.30. The third-order valence-electron chi connectivity index (χ3n) is 4.01. The normalized spacial score (nSPS) is 11.5. The van der Waals surface area contributed by atoms with Crippen molar-refractivity contribution < 1.29 is 5.11 Å². The van der Waals surface area contributed by atoms with E-state index >= 15 is 0 Å². The number of hydrogen-bond acceptors (Lipinski definition) is 3. The van der Waals surface area contributed by atoms with Gasteiger partial charge in [0, 0.05) is 0 Å².